The summed E-state index contributed by atoms with van der Waals surface area (Å²) in [6.07, 6.45) is 0. The van der Waals surface area contributed by atoms with E-state index in [9.17, 15) is 4.79 Å². The number of benzene rings is 3. The van der Waals surface area contributed by atoms with Crippen LogP contribution in [0.2, 0.25) is 5.02 Å². The summed E-state index contributed by atoms with van der Waals surface area (Å²) in [6.45, 7) is 2.03. The molecule has 1 N–H and O–H groups in total. The Bertz CT molecular complexity index is 853. The number of carboxylic acid groups (broad SMARTS) is 1. The third kappa shape index (κ3) is 2.39. The summed E-state index contributed by atoms with van der Waals surface area (Å²) >= 11 is 6.32. The Morgan fingerprint density at radius 2 is 1.81 bits per heavy atom. The average molecular weight is 297 g/mol. The number of hydrogen-bond acceptors (Lipinski definition) is 1. The maximum Gasteiger partial charge on any atom is 0.335 e. The molecular weight excluding hydrogens is 284 g/mol. The molecule has 0 saturated heterocycles. The molecule has 21 heavy (non-hydrogen) atoms. The predicted molar refractivity (Wildman–Crippen MR) is 86.1 cm³/mol. The number of hydrogen-bond donors (Lipinski definition) is 1. The fourth-order valence-corrected chi connectivity index (χ4v) is 2.86. The molecule has 0 bridgehead atoms. The zero-order valence-electron chi connectivity index (χ0n) is 11.4. The number of fused-ring (bicyclic) bond motifs is 1. The second-order valence-electron chi connectivity index (χ2n) is 4.98. The van der Waals surface area contributed by atoms with Crippen LogP contribution in [-0.4, -0.2) is 11.1 Å². The van der Waals surface area contributed by atoms with Crippen LogP contribution in [0, 0.1) is 6.92 Å². The molecule has 0 fully saturated rings. The second-order valence-corrected chi connectivity index (χ2v) is 5.39. The van der Waals surface area contributed by atoms with Crippen molar-refractivity contribution >= 4 is 28.3 Å². The number of aryl methyl sites for hydroxylation is 1. The van der Waals surface area contributed by atoms with E-state index in [-0.39, 0.29) is 5.56 Å². The zero-order valence-corrected chi connectivity index (χ0v) is 12.2. The number of halogens is 1. The lowest BCUT2D eigenvalue weighted by Gasteiger charge is -2.12. The highest BCUT2D eigenvalue weighted by Gasteiger charge is 2.13. The molecular formula is C18H13ClO2. The molecule has 0 aliphatic heterocycles. The number of rotatable bonds is 2. The van der Waals surface area contributed by atoms with Gasteiger partial charge in [-0.25, -0.2) is 4.79 Å². The summed E-state index contributed by atoms with van der Waals surface area (Å²) < 4.78 is 0. The van der Waals surface area contributed by atoms with E-state index in [0.717, 1.165) is 27.5 Å². The van der Waals surface area contributed by atoms with Crippen molar-refractivity contribution in [3.05, 3.63) is 70.7 Å². The monoisotopic (exact) mass is 296 g/mol. The fraction of sp³-hybridized carbons (Fsp3) is 0.0556. The highest BCUT2D eigenvalue weighted by Crippen LogP contribution is 2.36. The number of carbonyl (C=O) groups is 1. The van der Waals surface area contributed by atoms with Crippen molar-refractivity contribution in [1.29, 1.82) is 0 Å². The third-order valence-electron chi connectivity index (χ3n) is 3.62. The van der Waals surface area contributed by atoms with E-state index < -0.39 is 5.97 Å². The first kappa shape index (κ1) is 13.7. The van der Waals surface area contributed by atoms with E-state index >= 15 is 0 Å². The molecule has 0 aromatic heterocycles. The van der Waals surface area contributed by atoms with Gasteiger partial charge in [-0.1, -0.05) is 54.1 Å². The Hall–Kier alpha value is -2.32. The van der Waals surface area contributed by atoms with Crippen molar-refractivity contribution in [3.63, 3.8) is 0 Å². The van der Waals surface area contributed by atoms with Gasteiger partial charge in [-0.2, -0.15) is 0 Å². The molecule has 0 radical (unpaired) electrons. The maximum atomic E-state index is 11.0. The van der Waals surface area contributed by atoms with Crippen LogP contribution in [0.15, 0.2) is 54.6 Å². The lowest BCUT2D eigenvalue weighted by molar-refractivity contribution is 0.0697. The van der Waals surface area contributed by atoms with E-state index in [1.165, 1.54) is 6.07 Å². The van der Waals surface area contributed by atoms with Crippen LogP contribution >= 0.6 is 11.6 Å². The Kier molecular flexibility index (Phi) is 3.40. The standard InChI is InChI=1S/C18H13ClO2/c1-11-6-7-12-4-2-3-5-14(12)17(11)15-9-8-13(18(20)21)10-16(15)19/h2-10H,1H3,(H,20,21). The lowest BCUT2D eigenvalue weighted by atomic mass is 9.93. The van der Waals surface area contributed by atoms with Crippen molar-refractivity contribution in [2.24, 2.45) is 0 Å². The van der Waals surface area contributed by atoms with E-state index in [0.29, 0.717) is 5.02 Å². The van der Waals surface area contributed by atoms with Crippen LogP contribution in [0.4, 0.5) is 0 Å². The van der Waals surface area contributed by atoms with Crippen molar-refractivity contribution in [3.8, 4) is 11.1 Å². The van der Waals surface area contributed by atoms with Crippen molar-refractivity contribution in [2.45, 2.75) is 6.92 Å². The van der Waals surface area contributed by atoms with Crippen LogP contribution in [0.3, 0.4) is 0 Å². The van der Waals surface area contributed by atoms with E-state index in [1.54, 1.807) is 12.1 Å². The summed E-state index contributed by atoms with van der Waals surface area (Å²) in [4.78, 5) is 11.0. The average Bonchev–Trinajstić information content (AvgIpc) is 2.48. The topological polar surface area (TPSA) is 37.3 Å². The van der Waals surface area contributed by atoms with Crippen LogP contribution in [0.5, 0.6) is 0 Å². The molecule has 0 amide bonds. The van der Waals surface area contributed by atoms with Gasteiger partial charge in [-0.15, -0.1) is 0 Å². The molecule has 3 aromatic rings. The largest absolute Gasteiger partial charge is 0.478 e. The van der Waals surface area contributed by atoms with Gasteiger partial charge in [-0.05, 0) is 41.0 Å². The highest BCUT2D eigenvalue weighted by molar-refractivity contribution is 6.34. The van der Waals surface area contributed by atoms with Crippen LogP contribution < -0.4 is 0 Å². The lowest BCUT2D eigenvalue weighted by Crippen LogP contribution is -1.96. The molecule has 3 heteroatoms. The third-order valence-corrected chi connectivity index (χ3v) is 3.94. The van der Waals surface area contributed by atoms with Crippen molar-refractivity contribution in [2.75, 3.05) is 0 Å². The van der Waals surface area contributed by atoms with Gasteiger partial charge >= 0.3 is 5.97 Å². The SMILES string of the molecule is Cc1ccc2ccccc2c1-c1ccc(C(=O)O)cc1Cl. The fourth-order valence-electron chi connectivity index (χ4n) is 2.59. The Balaban J connectivity index is 2.30. The summed E-state index contributed by atoms with van der Waals surface area (Å²) in [6, 6.07) is 17.1. The zero-order chi connectivity index (χ0) is 15.0. The van der Waals surface area contributed by atoms with E-state index in [2.05, 4.69) is 24.3 Å². The van der Waals surface area contributed by atoms with Crippen molar-refractivity contribution < 1.29 is 9.90 Å². The van der Waals surface area contributed by atoms with Gasteiger partial charge in [0.2, 0.25) is 0 Å². The van der Waals surface area contributed by atoms with Gasteiger partial charge < -0.3 is 5.11 Å². The first-order valence-corrected chi connectivity index (χ1v) is 6.97. The first-order chi connectivity index (χ1) is 10.1. The van der Waals surface area contributed by atoms with Gasteiger partial charge in [0.1, 0.15) is 0 Å². The van der Waals surface area contributed by atoms with Gasteiger partial charge in [0.15, 0.2) is 0 Å². The normalized spacial score (nSPS) is 10.8. The Morgan fingerprint density at radius 1 is 1.05 bits per heavy atom. The smallest absolute Gasteiger partial charge is 0.335 e. The minimum absolute atomic E-state index is 0.196. The van der Waals surface area contributed by atoms with Crippen molar-refractivity contribution in [1.82, 2.24) is 0 Å². The first-order valence-electron chi connectivity index (χ1n) is 6.59. The van der Waals surface area contributed by atoms with Crippen LogP contribution in [0.1, 0.15) is 15.9 Å². The molecule has 3 rings (SSSR count). The second kappa shape index (κ2) is 5.23. The summed E-state index contributed by atoms with van der Waals surface area (Å²) in [5.74, 6) is -0.974. The molecule has 0 saturated carbocycles. The summed E-state index contributed by atoms with van der Waals surface area (Å²) in [5.41, 5.74) is 3.21. The summed E-state index contributed by atoms with van der Waals surface area (Å²) in [5, 5.41) is 11.7. The molecule has 0 spiro atoms. The quantitative estimate of drug-likeness (QED) is 0.708. The molecule has 0 heterocycles. The minimum atomic E-state index is -0.974. The Morgan fingerprint density at radius 3 is 2.52 bits per heavy atom. The molecule has 2 nitrogen and oxygen atoms in total. The van der Waals surface area contributed by atoms with Crippen LogP contribution in [-0.2, 0) is 0 Å². The van der Waals surface area contributed by atoms with Gasteiger partial charge in [0.05, 0.1) is 5.56 Å². The number of aromatic carboxylic acids is 1. The maximum absolute atomic E-state index is 11.0. The van der Waals surface area contributed by atoms with E-state index in [1.807, 2.05) is 19.1 Å². The van der Waals surface area contributed by atoms with Gasteiger partial charge in [-0.3, -0.25) is 0 Å². The van der Waals surface area contributed by atoms with E-state index in [4.69, 9.17) is 16.7 Å². The Labute approximate surface area is 127 Å². The van der Waals surface area contributed by atoms with Gasteiger partial charge in [0, 0.05) is 10.6 Å². The minimum Gasteiger partial charge on any atom is -0.478 e. The molecule has 0 aliphatic carbocycles. The van der Waals surface area contributed by atoms with Gasteiger partial charge in [0.25, 0.3) is 0 Å². The molecule has 104 valence electrons. The molecule has 3 aromatic carbocycles. The molecule has 0 aliphatic rings. The molecule has 0 unspecified atom stereocenters. The number of carboxylic acids is 1. The highest BCUT2D eigenvalue weighted by atomic mass is 35.5. The molecule has 0 atom stereocenters. The van der Waals surface area contributed by atoms with Crippen LogP contribution in [0.25, 0.3) is 21.9 Å². The summed E-state index contributed by atoms with van der Waals surface area (Å²) in [7, 11) is 0. The predicted octanol–water partition coefficient (Wildman–Crippen LogP) is 5.17.